The number of carbonyl (C=O) groups is 2. The highest BCUT2D eigenvalue weighted by atomic mass is 35.5. The van der Waals surface area contributed by atoms with Crippen molar-refractivity contribution < 1.29 is 23.8 Å². The molecule has 10 nitrogen and oxygen atoms in total. The number of benzene rings is 2. The highest BCUT2D eigenvalue weighted by Gasteiger charge is 2.30. The molecule has 2 aromatic heterocycles. The summed E-state index contributed by atoms with van der Waals surface area (Å²) in [6.07, 6.45) is 1.50. The molecule has 0 aliphatic rings. The Bertz CT molecular complexity index is 1840. The zero-order valence-electron chi connectivity index (χ0n) is 27.4. The molecule has 0 fully saturated rings. The number of methoxy groups -OCH3 is 1. The van der Waals surface area contributed by atoms with Crippen LogP contribution in [0.5, 0.6) is 17.6 Å². The van der Waals surface area contributed by atoms with Gasteiger partial charge in [-0.05, 0) is 58.6 Å². The summed E-state index contributed by atoms with van der Waals surface area (Å²) in [5, 5.41) is 3.38. The second-order valence-electron chi connectivity index (χ2n) is 12.6. The Balaban J connectivity index is 1.64. The van der Waals surface area contributed by atoms with Crippen LogP contribution in [0.25, 0.3) is 16.8 Å². The topological polar surface area (TPSA) is 124 Å². The minimum absolute atomic E-state index is 0.0101. The van der Waals surface area contributed by atoms with E-state index in [4.69, 9.17) is 37.4 Å². The molecule has 0 saturated heterocycles. The van der Waals surface area contributed by atoms with E-state index in [1.807, 2.05) is 6.07 Å². The van der Waals surface area contributed by atoms with Crippen molar-refractivity contribution in [1.29, 1.82) is 0 Å². The lowest BCUT2D eigenvalue weighted by atomic mass is 9.78. The number of H-pyrrole nitrogens is 1. The molecule has 0 unspecified atom stereocenters. The second kappa shape index (κ2) is 13.8. The molecule has 246 valence electrons. The van der Waals surface area contributed by atoms with Gasteiger partial charge in [-0.2, -0.15) is 4.98 Å². The molecule has 0 saturated carbocycles. The van der Waals surface area contributed by atoms with Crippen LogP contribution in [0.1, 0.15) is 82.8 Å². The van der Waals surface area contributed by atoms with Gasteiger partial charge in [0.1, 0.15) is 5.75 Å². The third kappa shape index (κ3) is 7.34. The van der Waals surface area contributed by atoms with Crippen LogP contribution in [0.4, 0.5) is 0 Å². The summed E-state index contributed by atoms with van der Waals surface area (Å²) in [5.41, 5.74) is 1.99. The van der Waals surface area contributed by atoms with E-state index in [1.165, 1.54) is 31.7 Å². The number of rotatable bonds is 11. The summed E-state index contributed by atoms with van der Waals surface area (Å²) in [6.45, 7) is 14.9. The molecule has 4 aromatic rings. The van der Waals surface area contributed by atoms with Gasteiger partial charge in [0.2, 0.25) is 5.88 Å². The van der Waals surface area contributed by atoms with Crippen molar-refractivity contribution in [2.75, 3.05) is 20.3 Å². The Morgan fingerprint density at radius 1 is 1.04 bits per heavy atom. The first kappa shape index (κ1) is 34.8. The van der Waals surface area contributed by atoms with Gasteiger partial charge in [-0.25, -0.2) is 9.20 Å². The molecule has 0 aliphatic heterocycles. The Morgan fingerprint density at radius 3 is 2.37 bits per heavy atom. The van der Waals surface area contributed by atoms with Crippen LogP contribution in [-0.4, -0.2) is 46.5 Å². The lowest BCUT2D eigenvalue weighted by molar-refractivity contribution is -0.132. The van der Waals surface area contributed by atoms with Crippen molar-refractivity contribution >= 4 is 40.7 Å². The van der Waals surface area contributed by atoms with Gasteiger partial charge in [0.05, 0.1) is 34.9 Å². The minimum atomic E-state index is -0.727. The van der Waals surface area contributed by atoms with Gasteiger partial charge in [-0.3, -0.25) is 14.6 Å². The van der Waals surface area contributed by atoms with Crippen molar-refractivity contribution in [3.63, 3.8) is 0 Å². The first-order valence-electron chi connectivity index (χ1n) is 15.0. The van der Waals surface area contributed by atoms with Crippen molar-refractivity contribution in [3.05, 3.63) is 73.6 Å². The highest BCUT2D eigenvalue weighted by Crippen LogP contribution is 2.40. The summed E-state index contributed by atoms with van der Waals surface area (Å²) in [7, 11) is 1.33. The summed E-state index contributed by atoms with van der Waals surface area (Å²) in [4.78, 5) is 45.9. The number of nitrogens with one attached hydrogen (secondary N) is 2. The number of aromatic amines is 1. The van der Waals surface area contributed by atoms with Gasteiger partial charge in [-0.1, -0.05) is 82.9 Å². The van der Waals surface area contributed by atoms with E-state index in [9.17, 15) is 14.4 Å². The van der Waals surface area contributed by atoms with E-state index >= 15 is 0 Å². The molecule has 12 heteroatoms. The average molecular weight is 672 g/mol. The van der Waals surface area contributed by atoms with E-state index in [0.717, 1.165) is 22.1 Å². The highest BCUT2D eigenvalue weighted by molar-refractivity contribution is 6.42. The van der Waals surface area contributed by atoms with E-state index in [0.29, 0.717) is 18.6 Å². The normalized spacial score (nSPS) is 11.9. The molecular formula is C34H40Cl2N4O6. The average Bonchev–Trinajstić information content (AvgIpc) is 3.31. The standard InChI is InChI=1S/C34H40Cl2N4O6/c1-9-34(6,7)21-12-14-25(22(18-21)33(3,4)5)45-16-10-15-37-29(42)27-26(20-11-13-23(35)24(36)17-20)30(46-19(2)41)40-28(27)38-31(44-8)39-32(40)43/h11-14,17-18H,9-10,15-16H2,1-8H3,(H,37,42)(H,38,39,43). The smallest absolute Gasteiger partial charge is 0.338 e. The molecule has 1 amide bonds. The lowest BCUT2D eigenvalue weighted by Gasteiger charge is -2.29. The minimum Gasteiger partial charge on any atom is -0.493 e. The van der Waals surface area contributed by atoms with Crippen LogP contribution in [0.2, 0.25) is 10.0 Å². The third-order valence-corrected chi connectivity index (χ3v) is 8.65. The van der Waals surface area contributed by atoms with Crippen LogP contribution >= 0.6 is 23.2 Å². The predicted molar refractivity (Wildman–Crippen MR) is 180 cm³/mol. The number of hydrogen-bond acceptors (Lipinski definition) is 7. The SMILES string of the molecule is CCC(C)(C)c1ccc(OCCCNC(=O)c2c(-c3ccc(Cl)c(Cl)c3)c(OC(C)=O)n3c(=O)[nH]c(OC)nc23)c(C(C)(C)C)c1. The molecule has 0 aliphatic carbocycles. The molecule has 2 N–H and O–H groups in total. The lowest BCUT2D eigenvalue weighted by Crippen LogP contribution is -2.27. The van der Waals surface area contributed by atoms with E-state index in [-0.39, 0.29) is 56.1 Å². The Kier molecular flexibility index (Phi) is 10.4. The summed E-state index contributed by atoms with van der Waals surface area (Å²) >= 11 is 12.5. The Morgan fingerprint density at radius 2 is 1.76 bits per heavy atom. The van der Waals surface area contributed by atoms with Crippen LogP contribution in [0.15, 0.2) is 41.2 Å². The number of halogens is 2. The van der Waals surface area contributed by atoms with Crippen molar-refractivity contribution in [2.45, 2.75) is 72.1 Å². The number of nitrogens with zero attached hydrogens (tertiary/aromatic N) is 2. The maximum absolute atomic E-state index is 13.8. The van der Waals surface area contributed by atoms with Crippen LogP contribution < -0.4 is 25.2 Å². The molecule has 4 rings (SSSR count). The summed E-state index contributed by atoms with van der Waals surface area (Å²) < 4.78 is 17.9. The first-order chi connectivity index (χ1) is 21.6. The zero-order chi connectivity index (χ0) is 34.0. The monoisotopic (exact) mass is 670 g/mol. The first-order valence-corrected chi connectivity index (χ1v) is 15.8. The largest absolute Gasteiger partial charge is 0.493 e. The van der Waals surface area contributed by atoms with Crippen molar-refractivity contribution in [1.82, 2.24) is 19.7 Å². The maximum atomic E-state index is 13.8. The number of amides is 1. The van der Waals surface area contributed by atoms with Gasteiger partial charge < -0.3 is 19.5 Å². The molecular weight excluding hydrogens is 631 g/mol. The van der Waals surface area contributed by atoms with E-state index in [1.54, 1.807) is 6.07 Å². The second-order valence-corrected chi connectivity index (χ2v) is 13.5. The predicted octanol–water partition coefficient (Wildman–Crippen LogP) is 7.11. The Hall–Kier alpha value is -4.02. The van der Waals surface area contributed by atoms with Crippen molar-refractivity contribution in [3.8, 4) is 28.8 Å². The molecule has 0 atom stereocenters. The van der Waals surface area contributed by atoms with E-state index in [2.05, 4.69) is 69.0 Å². The fourth-order valence-electron chi connectivity index (χ4n) is 4.98. The maximum Gasteiger partial charge on any atom is 0.338 e. The van der Waals surface area contributed by atoms with Gasteiger partial charge in [-0.15, -0.1) is 0 Å². The number of hydrogen-bond donors (Lipinski definition) is 2. The molecule has 0 radical (unpaired) electrons. The summed E-state index contributed by atoms with van der Waals surface area (Å²) in [6, 6.07) is 10.9. The Labute approximate surface area is 278 Å². The third-order valence-electron chi connectivity index (χ3n) is 7.91. The molecule has 46 heavy (non-hydrogen) atoms. The molecule has 0 bridgehead atoms. The zero-order valence-corrected chi connectivity index (χ0v) is 28.9. The fraction of sp³-hybridized carbons (Fsp3) is 0.412. The molecule has 0 spiro atoms. The number of ether oxygens (including phenoxy) is 3. The summed E-state index contributed by atoms with van der Waals surface area (Å²) in [5.74, 6) is -0.661. The van der Waals surface area contributed by atoms with Crippen LogP contribution in [0.3, 0.4) is 0 Å². The van der Waals surface area contributed by atoms with Crippen LogP contribution in [0, 0.1) is 0 Å². The number of carbonyl (C=O) groups excluding carboxylic acids is 2. The van der Waals surface area contributed by atoms with E-state index < -0.39 is 17.6 Å². The van der Waals surface area contributed by atoms with Gasteiger partial charge in [0, 0.05) is 13.5 Å². The number of esters is 1. The quantitative estimate of drug-likeness (QED) is 0.129. The molecule has 2 heterocycles. The number of aromatic nitrogens is 3. The van der Waals surface area contributed by atoms with Gasteiger partial charge in [0.15, 0.2) is 5.65 Å². The van der Waals surface area contributed by atoms with Gasteiger partial charge in [0.25, 0.3) is 11.9 Å². The van der Waals surface area contributed by atoms with Gasteiger partial charge >= 0.3 is 11.7 Å². The molecule has 2 aromatic carbocycles. The number of fused-ring (bicyclic) bond motifs is 1. The van der Waals surface area contributed by atoms with Crippen LogP contribution in [-0.2, 0) is 15.6 Å². The van der Waals surface area contributed by atoms with Crippen molar-refractivity contribution in [2.24, 2.45) is 0 Å². The fourth-order valence-corrected chi connectivity index (χ4v) is 5.28.